The lowest BCUT2D eigenvalue weighted by Crippen LogP contribution is -2.42. The number of hydrogen-bond acceptors (Lipinski definition) is 2. The van der Waals surface area contributed by atoms with Gasteiger partial charge in [-0.05, 0) is 26.2 Å². The van der Waals surface area contributed by atoms with Gasteiger partial charge in [-0.15, -0.1) is 0 Å². The highest BCUT2D eigenvalue weighted by Crippen LogP contribution is 2.27. The van der Waals surface area contributed by atoms with Crippen molar-refractivity contribution in [2.75, 3.05) is 13.2 Å². The molecule has 1 rings (SSSR count). The van der Waals surface area contributed by atoms with Crippen molar-refractivity contribution in [3.63, 3.8) is 0 Å². The van der Waals surface area contributed by atoms with Crippen LogP contribution in [0.2, 0.25) is 0 Å². The van der Waals surface area contributed by atoms with E-state index >= 15 is 0 Å². The standard InChI is InChI=1S/C10H18O2/c1-5-10(4)11-6-9(7-12-10)8(2)3/h2,8-9H,5-7H2,1,3-4H3. The first kappa shape index (κ1) is 10.0. The van der Waals surface area contributed by atoms with Crippen LogP contribution in [0.3, 0.4) is 0 Å². The van der Waals surface area contributed by atoms with Gasteiger partial charge >= 0.3 is 0 Å². The molecule has 0 aromatic carbocycles. The summed E-state index contributed by atoms with van der Waals surface area (Å²) in [5, 5.41) is 0. The average Bonchev–Trinajstić information content (AvgIpc) is 2.05. The van der Waals surface area contributed by atoms with Crippen LogP contribution in [-0.2, 0) is 9.47 Å². The molecule has 1 heterocycles. The van der Waals surface area contributed by atoms with Gasteiger partial charge in [0.2, 0.25) is 0 Å². The molecular formula is C10H18O2. The average molecular weight is 170 g/mol. The summed E-state index contributed by atoms with van der Waals surface area (Å²) < 4.78 is 11.2. The van der Waals surface area contributed by atoms with Crippen molar-refractivity contribution in [2.24, 2.45) is 11.8 Å². The van der Waals surface area contributed by atoms with Gasteiger partial charge in [-0.25, -0.2) is 0 Å². The molecular weight excluding hydrogens is 152 g/mol. The van der Waals surface area contributed by atoms with Crippen LogP contribution in [0.5, 0.6) is 0 Å². The van der Waals surface area contributed by atoms with Crippen molar-refractivity contribution < 1.29 is 9.47 Å². The molecule has 0 N–H and O–H groups in total. The molecule has 2 nitrogen and oxygen atoms in total. The Balaban J connectivity index is 2.39. The third-order valence-corrected chi connectivity index (χ3v) is 2.59. The fourth-order valence-corrected chi connectivity index (χ4v) is 1.16. The van der Waals surface area contributed by atoms with Crippen molar-refractivity contribution in [2.45, 2.75) is 33.0 Å². The monoisotopic (exact) mass is 170 g/mol. The Labute approximate surface area is 75.2 Å². The van der Waals surface area contributed by atoms with Crippen LogP contribution in [0.1, 0.15) is 27.2 Å². The lowest BCUT2D eigenvalue weighted by atomic mass is 9.96. The third-order valence-electron chi connectivity index (χ3n) is 2.59. The zero-order chi connectivity index (χ0) is 9.19. The maximum Gasteiger partial charge on any atom is 0.165 e. The molecule has 0 aliphatic carbocycles. The molecule has 1 aliphatic heterocycles. The summed E-state index contributed by atoms with van der Waals surface area (Å²) in [6.07, 6.45) is 0.888. The highest BCUT2D eigenvalue weighted by molar-refractivity contribution is 4.74. The Bertz CT molecular complexity index is 135. The SMILES string of the molecule is [CH]C(C)C1COC(C)(CC)OC1. The van der Waals surface area contributed by atoms with E-state index in [1.165, 1.54) is 0 Å². The Kier molecular flexibility index (Phi) is 3.13. The lowest BCUT2D eigenvalue weighted by Gasteiger charge is -2.38. The molecule has 0 saturated carbocycles. The molecule has 1 fully saturated rings. The second-order valence-corrected chi connectivity index (χ2v) is 3.73. The fourth-order valence-electron chi connectivity index (χ4n) is 1.16. The predicted octanol–water partition coefficient (Wildman–Crippen LogP) is 2.12. The summed E-state index contributed by atoms with van der Waals surface area (Å²) in [5.74, 6) is 0.141. The van der Waals surface area contributed by atoms with E-state index in [1.807, 2.05) is 13.8 Å². The van der Waals surface area contributed by atoms with Crippen LogP contribution in [0, 0.1) is 18.8 Å². The Morgan fingerprint density at radius 2 is 2.00 bits per heavy atom. The zero-order valence-electron chi connectivity index (χ0n) is 8.17. The van der Waals surface area contributed by atoms with E-state index in [-0.39, 0.29) is 11.7 Å². The van der Waals surface area contributed by atoms with Gasteiger partial charge < -0.3 is 9.47 Å². The molecule has 12 heavy (non-hydrogen) atoms. The van der Waals surface area contributed by atoms with E-state index in [2.05, 4.69) is 6.92 Å². The molecule has 0 spiro atoms. The summed E-state index contributed by atoms with van der Waals surface area (Å²) >= 11 is 0. The molecule has 1 aliphatic rings. The molecule has 0 aromatic rings. The lowest BCUT2D eigenvalue weighted by molar-refractivity contribution is -0.277. The van der Waals surface area contributed by atoms with Gasteiger partial charge in [0.15, 0.2) is 5.79 Å². The molecule has 1 unspecified atom stereocenters. The van der Waals surface area contributed by atoms with Gasteiger partial charge in [-0.3, -0.25) is 0 Å². The topological polar surface area (TPSA) is 18.5 Å². The molecule has 70 valence electrons. The zero-order valence-corrected chi connectivity index (χ0v) is 8.17. The summed E-state index contributed by atoms with van der Waals surface area (Å²) in [5.41, 5.74) is 0. The van der Waals surface area contributed by atoms with Crippen molar-refractivity contribution in [1.82, 2.24) is 0 Å². The van der Waals surface area contributed by atoms with Crippen LogP contribution in [-0.4, -0.2) is 19.0 Å². The highest BCUT2D eigenvalue weighted by atomic mass is 16.7. The van der Waals surface area contributed by atoms with Crippen LogP contribution >= 0.6 is 0 Å². The third kappa shape index (κ3) is 2.20. The largest absolute Gasteiger partial charge is 0.350 e. The van der Waals surface area contributed by atoms with E-state index in [9.17, 15) is 0 Å². The van der Waals surface area contributed by atoms with E-state index in [1.54, 1.807) is 0 Å². The maximum atomic E-state index is 5.74. The molecule has 0 aromatic heterocycles. The fraction of sp³-hybridized carbons (Fsp3) is 0.900. The summed E-state index contributed by atoms with van der Waals surface area (Å²) in [7, 11) is 0. The summed E-state index contributed by atoms with van der Waals surface area (Å²) in [4.78, 5) is 0. The van der Waals surface area contributed by atoms with E-state index < -0.39 is 0 Å². The van der Waals surface area contributed by atoms with E-state index in [0.717, 1.165) is 19.6 Å². The first-order chi connectivity index (χ1) is 5.57. The van der Waals surface area contributed by atoms with Crippen molar-refractivity contribution >= 4 is 0 Å². The number of rotatable bonds is 2. The minimum Gasteiger partial charge on any atom is -0.350 e. The van der Waals surface area contributed by atoms with Crippen molar-refractivity contribution in [3.05, 3.63) is 6.92 Å². The smallest absolute Gasteiger partial charge is 0.165 e. The first-order valence-electron chi connectivity index (χ1n) is 4.61. The van der Waals surface area contributed by atoms with Crippen molar-refractivity contribution in [1.29, 1.82) is 0 Å². The van der Waals surface area contributed by atoms with Crippen molar-refractivity contribution in [3.8, 4) is 0 Å². The maximum absolute atomic E-state index is 5.74. The summed E-state index contributed by atoms with van der Waals surface area (Å²) in [6, 6.07) is 0. The highest BCUT2D eigenvalue weighted by Gasteiger charge is 2.32. The van der Waals surface area contributed by atoms with Gasteiger partial charge in [-0.2, -0.15) is 0 Å². The minimum absolute atomic E-state index is 0.159. The van der Waals surface area contributed by atoms with E-state index in [0.29, 0.717) is 5.92 Å². The van der Waals surface area contributed by atoms with Crippen LogP contribution in [0.4, 0.5) is 0 Å². The second kappa shape index (κ2) is 3.75. The van der Waals surface area contributed by atoms with Crippen LogP contribution in [0.15, 0.2) is 0 Å². The van der Waals surface area contributed by atoms with Gasteiger partial charge in [0.05, 0.1) is 13.2 Å². The van der Waals surface area contributed by atoms with Gasteiger partial charge in [0.1, 0.15) is 0 Å². The van der Waals surface area contributed by atoms with E-state index in [4.69, 9.17) is 16.4 Å². The normalized spacial score (nSPS) is 37.2. The van der Waals surface area contributed by atoms with Crippen LogP contribution in [0.25, 0.3) is 0 Å². The first-order valence-corrected chi connectivity index (χ1v) is 4.61. The molecule has 1 atom stereocenters. The predicted molar refractivity (Wildman–Crippen MR) is 47.6 cm³/mol. The van der Waals surface area contributed by atoms with Gasteiger partial charge in [-0.1, -0.05) is 13.8 Å². The summed E-state index contributed by atoms with van der Waals surface area (Å²) in [6.45, 7) is 13.2. The van der Waals surface area contributed by atoms with Gasteiger partial charge in [0.25, 0.3) is 0 Å². The van der Waals surface area contributed by atoms with Crippen LogP contribution < -0.4 is 0 Å². The molecule has 0 bridgehead atoms. The Hall–Kier alpha value is -0.0800. The Morgan fingerprint density at radius 1 is 1.50 bits per heavy atom. The molecule has 2 radical (unpaired) electrons. The number of ether oxygens (including phenoxy) is 2. The Morgan fingerprint density at radius 3 is 2.33 bits per heavy atom. The second-order valence-electron chi connectivity index (χ2n) is 3.73. The van der Waals surface area contributed by atoms with Gasteiger partial charge in [0, 0.05) is 5.92 Å². The number of hydrogen-bond donors (Lipinski definition) is 0. The molecule has 0 amide bonds. The molecule has 1 saturated heterocycles. The quantitative estimate of drug-likeness (QED) is 0.632. The molecule has 2 heteroatoms. The minimum atomic E-state index is -0.370.